The standard InChI is InChI=1S/C16H23NOS/c1-3-4-8-16-14(12-17-10-11-19-2)13-7-5-6-9-15(13)18-16/h5-7,9,17H,3-4,8,10-12H2,1-2H3. The molecule has 0 amide bonds. The molecule has 0 unspecified atom stereocenters. The molecular formula is C16H23NOS. The van der Waals surface area contributed by atoms with Crippen LogP contribution in [0.4, 0.5) is 0 Å². The fraction of sp³-hybridized carbons (Fsp3) is 0.500. The minimum atomic E-state index is 0.913. The number of unbranched alkanes of at least 4 members (excludes halogenated alkanes) is 1. The van der Waals surface area contributed by atoms with Gasteiger partial charge in [0.05, 0.1) is 0 Å². The summed E-state index contributed by atoms with van der Waals surface area (Å²) < 4.78 is 6.01. The normalized spacial score (nSPS) is 11.3. The molecule has 0 saturated heterocycles. The van der Waals surface area contributed by atoms with Gasteiger partial charge in [-0.2, -0.15) is 11.8 Å². The quantitative estimate of drug-likeness (QED) is 0.731. The Hall–Kier alpha value is -0.930. The first-order valence-electron chi connectivity index (χ1n) is 7.05. The molecule has 0 saturated carbocycles. The molecule has 2 rings (SSSR count). The number of para-hydroxylation sites is 1. The summed E-state index contributed by atoms with van der Waals surface area (Å²) in [4.78, 5) is 0. The first-order chi connectivity index (χ1) is 9.36. The van der Waals surface area contributed by atoms with Crippen molar-refractivity contribution in [1.29, 1.82) is 0 Å². The maximum atomic E-state index is 6.01. The van der Waals surface area contributed by atoms with Crippen molar-refractivity contribution >= 4 is 22.7 Å². The van der Waals surface area contributed by atoms with Crippen molar-refractivity contribution in [3.8, 4) is 0 Å². The highest BCUT2D eigenvalue weighted by atomic mass is 32.2. The molecule has 0 fully saturated rings. The van der Waals surface area contributed by atoms with Crippen molar-refractivity contribution in [2.45, 2.75) is 32.7 Å². The molecule has 0 aliphatic heterocycles. The average molecular weight is 277 g/mol. The predicted octanol–water partition coefficient (Wildman–Crippen LogP) is 4.23. The van der Waals surface area contributed by atoms with Gasteiger partial charge >= 0.3 is 0 Å². The van der Waals surface area contributed by atoms with E-state index in [2.05, 4.69) is 36.7 Å². The van der Waals surface area contributed by atoms with Gasteiger partial charge in [-0.3, -0.25) is 0 Å². The van der Waals surface area contributed by atoms with E-state index >= 15 is 0 Å². The number of hydrogen-bond acceptors (Lipinski definition) is 3. The van der Waals surface area contributed by atoms with Crippen LogP contribution < -0.4 is 5.32 Å². The summed E-state index contributed by atoms with van der Waals surface area (Å²) in [7, 11) is 0. The van der Waals surface area contributed by atoms with Crippen LogP contribution in [0, 0.1) is 0 Å². The lowest BCUT2D eigenvalue weighted by Crippen LogP contribution is -2.17. The molecule has 2 nitrogen and oxygen atoms in total. The number of fused-ring (bicyclic) bond motifs is 1. The predicted molar refractivity (Wildman–Crippen MR) is 84.9 cm³/mol. The third-order valence-corrected chi connectivity index (χ3v) is 3.94. The summed E-state index contributed by atoms with van der Waals surface area (Å²) in [5, 5.41) is 4.79. The van der Waals surface area contributed by atoms with Gasteiger partial charge in [0.1, 0.15) is 11.3 Å². The number of thioether (sulfide) groups is 1. The number of nitrogens with one attached hydrogen (secondary N) is 1. The minimum absolute atomic E-state index is 0.913. The molecule has 1 aromatic carbocycles. The van der Waals surface area contributed by atoms with Gasteiger partial charge in [-0.15, -0.1) is 0 Å². The first kappa shape index (κ1) is 14.5. The zero-order valence-corrected chi connectivity index (χ0v) is 12.7. The number of rotatable bonds is 8. The van der Waals surface area contributed by atoms with Crippen molar-refractivity contribution < 1.29 is 4.42 Å². The van der Waals surface area contributed by atoms with Crippen LogP contribution in [-0.4, -0.2) is 18.6 Å². The molecule has 1 aromatic heterocycles. The summed E-state index contributed by atoms with van der Waals surface area (Å²) in [5.41, 5.74) is 2.38. The van der Waals surface area contributed by atoms with Crippen molar-refractivity contribution in [1.82, 2.24) is 5.32 Å². The molecule has 19 heavy (non-hydrogen) atoms. The van der Waals surface area contributed by atoms with E-state index < -0.39 is 0 Å². The number of aryl methyl sites for hydroxylation is 1. The fourth-order valence-corrected chi connectivity index (χ4v) is 2.62. The lowest BCUT2D eigenvalue weighted by atomic mass is 10.1. The molecule has 3 heteroatoms. The van der Waals surface area contributed by atoms with E-state index in [-0.39, 0.29) is 0 Å². The van der Waals surface area contributed by atoms with Crippen molar-refractivity contribution in [2.75, 3.05) is 18.6 Å². The molecule has 1 N–H and O–H groups in total. The average Bonchev–Trinajstić information content (AvgIpc) is 2.79. The Balaban J connectivity index is 2.16. The molecule has 0 atom stereocenters. The maximum absolute atomic E-state index is 6.01. The van der Waals surface area contributed by atoms with Crippen LogP contribution in [0.2, 0.25) is 0 Å². The zero-order chi connectivity index (χ0) is 13.5. The number of hydrogen-bond donors (Lipinski definition) is 1. The molecule has 104 valence electrons. The second-order valence-electron chi connectivity index (χ2n) is 4.77. The van der Waals surface area contributed by atoms with Crippen LogP contribution in [0.1, 0.15) is 31.1 Å². The lowest BCUT2D eigenvalue weighted by Gasteiger charge is -2.05. The molecule has 1 heterocycles. The molecular weight excluding hydrogens is 254 g/mol. The summed E-state index contributed by atoms with van der Waals surface area (Å²) in [5.74, 6) is 2.32. The molecule has 0 aliphatic carbocycles. The maximum Gasteiger partial charge on any atom is 0.134 e. The van der Waals surface area contributed by atoms with E-state index in [0.717, 1.165) is 30.8 Å². The molecule has 0 bridgehead atoms. The van der Waals surface area contributed by atoms with E-state index in [9.17, 15) is 0 Å². The molecule has 0 aliphatic rings. The van der Waals surface area contributed by atoms with E-state index in [1.807, 2.05) is 17.8 Å². The van der Waals surface area contributed by atoms with Crippen molar-refractivity contribution in [2.24, 2.45) is 0 Å². The Morgan fingerprint density at radius 1 is 1.26 bits per heavy atom. The second kappa shape index (κ2) is 7.61. The Morgan fingerprint density at radius 2 is 2.11 bits per heavy atom. The zero-order valence-electron chi connectivity index (χ0n) is 11.9. The monoisotopic (exact) mass is 277 g/mol. The van der Waals surface area contributed by atoms with Gasteiger partial charge < -0.3 is 9.73 Å². The van der Waals surface area contributed by atoms with Gasteiger partial charge in [-0.05, 0) is 18.7 Å². The Morgan fingerprint density at radius 3 is 2.89 bits per heavy atom. The highest BCUT2D eigenvalue weighted by molar-refractivity contribution is 7.98. The van der Waals surface area contributed by atoms with Crippen molar-refractivity contribution in [3.63, 3.8) is 0 Å². The minimum Gasteiger partial charge on any atom is -0.461 e. The SMILES string of the molecule is CCCCc1oc2ccccc2c1CNCCSC. The van der Waals surface area contributed by atoms with Gasteiger partial charge in [0.15, 0.2) is 0 Å². The summed E-state index contributed by atoms with van der Waals surface area (Å²) in [6.45, 7) is 4.18. The Kier molecular flexibility index (Phi) is 5.80. The van der Waals surface area contributed by atoms with Crippen LogP contribution in [0.5, 0.6) is 0 Å². The molecule has 0 radical (unpaired) electrons. The summed E-state index contributed by atoms with van der Waals surface area (Å²) >= 11 is 1.87. The van der Waals surface area contributed by atoms with Crippen LogP contribution >= 0.6 is 11.8 Å². The summed E-state index contributed by atoms with van der Waals surface area (Å²) in [6.07, 6.45) is 5.58. The third-order valence-electron chi connectivity index (χ3n) is 3.32. The highest BCUT2D eigenvalue weighted by Gasteiger charge is 2.12. The van der Waals surface area contributed by atoms with Crippen LogP contribution in [0.25, 0.3) is 11.0 Å². The molecule has 0 spiro atoms. The lowest BCUT2D eigenvalue weighted by molar-refractivity contribution is 0.526. The van der Waals surface area contributed by atoms with E-state index in [0.29, 0.717) is 0 Å². The summed E-state index contributed by atoms with van der Waals surface area (Å²) in [6, 6.07) is 8.36. The Labute approximate surface area is 119 Å². The van der Waals surface area contributed by atoms with Crippen molar-refractivity contribution in [3.05, 3.63) is 35.6 Å². The second-order valence-corrected chi connectivity index (χ2v) is 5.76. The van der Waals surface area contributed by atoms with Gasteiger partial charge in [0.25, 0.3) is 0 Å². The van der Waals surface area contributed by atoms with Crippen LogP contribution in [0.15, 0.2) is 28.7 Å². The fourth-order valence-electron chi connectivity index (χ4n) is 2.27. The third kappa shape index (κ3) is 3.77. The van der Waals surface area contributed by atoms with Gasteiger partial charge in [0, 0.05) is 36.2 Å². The largest absolute Gasteiger partial charge is 0.461 e. The topological polar surface area (TPSA) is 25.2 Å². The van der Waals surface area contributed by atoms with Gasteiger partial charge in [0.2, 0.25) is 0 Å². The van der Waals surface area contributed by atoms with E-state index in [4.69, 9.17) is 4.42 Å². The Bertz CT molecular complexity index is 506. The highest BCUT2D eigenvalue weighted by Crippen LogP contribution is 2.27. The first-order valence-corrected chi connectivity index (χ1v) is 8.45. The number of furan rings is 1. The van der Waals surface area contributed by atoms with E-state index in [1.165, 1.54) is 29.6 Å². The smallest absolute Gasteiger partial charge is 0.134 e. The van der Waals surface area contributed by atoms with E-state index in [1.54, 1.807) is 0 Å². The van der Waals surface area contributed by atoms with Gasteiger partial charge in [-0.25, -0.2) is 0 Å². The molecule has 2 aromatic rings. The number of benzene rings is 1. The van der Waals surface area contributed by atoms with Gasteiger partial charge in [-0.1, -0.05) is 31.5 Å². The van der Waals surface area contributed by atoms with Crippen LogP contribution in [0.3, 0.4) is 0 Å². The van der Waals surface area contributed by atoms with Crippen LogP contribution in [-0.2, 0) is 13.0 Å².